The van der Waals surface area contributed by atoms with Gasteiger partial charge in [0.1, 0.15) is 0 Å². The number of unbranched alkanes of at least 4 members (excludes halogenated alkanes) is 9. The van der Waals surface area contributed by atoms with Crippen LogP contribution in [0.15, 0.2) is 0 Å². The van der Waals surface area contributed by atoms with E-state index in [1.54, 1.807) is 0 Å². The van der Waals surface area contributed by atoms with Crippen LogP contribution in [0.4, 0.5) is 0 Å². The second-order valence-corrected chi connectivity index (χ2v) is 11.6. The van der Waals surface area contributed by atoms with Crippen molar-refractivity contribution in [1.29, 1.82) is 0 Å². The average Bonchev–Trinajstić information content (AvgIpc) is 2.88. The molecule has 0 fully saturated rings. The lowest BCUT2D eigenvalue weighted by atomic mass is 9.85. The number of ether oxygens (including phenoxy) is 2. The fraction of sp³-hybridized carbons (Fsp3) is 0.939. The maximum absolute atomic E-state index is 12.2. The Bertz CT molecular complexity index is 530. The molecular formula is C33H64O4. The lowest BCUT2D eigenvalue weighted by Gasteiger charge is -2.21. The molecule has 0 aliphatic rings. The van der Waals surface area contributed by atoms with Crippen LogP contribution in [0.1, 0.15) is 164 Å². The molecule has 3 unspecified atom stereocenters. The summed E-state index contributed by atoms with van der Waals surface area (Å²) in [5.74, 6) is 1.79. The average molecular weight is 525 g/mol. The van der Waals surface area contributed by atoms with Gasteiger partial charge in [0, 0.05) is 0 Å². The van der Waals surface area contributed by atoms with Crippen molar-refractivity contribution in [2.24, 2.45) is 23.7 Å². The van der Waals surface area contributed by atoms with Crippen molar-refractivity contribution in [3.63, 3.8) is 0 Å². The van der Waals surface area contributed by atoms with Gasteiger partial charge in [-0.15, -0.1) is 0 Å². The SMILES string of the molecule is CCCCC(CC)C(=O)OCCCCCCCC(CCCCCCOC(=O)C(CC)CCCC)C(C)C. The summed E-state index contributed by atoms with van der Waals surface area (Å²) in [4.78, 5) is 24.4. The molecule has 4 heteroatoms. The molecule has 0 radical (unpaired) electrons. The van der Waals surface area contributed by atoms with E-state index in [1.165, 1.54) is 44.9 Å². The third-order valence-electron chi connectivity index (χ3n) is 8.08. The molecule has 4 nitrogen and oxygen atoms in total. The number of carbonyl (C=O) groups excluding carboxylic acids is 2. The lowest BCUT2D eigenvalue weighted by Crippen LogP contribution is -2.17. The maximum atomic E-state index is 12.2. The smallest absolute Gasteiger partial charge is 0.308 e. The fourth-order valence-electron chi connectivity index (χ4n) is 5.17. The van der Waals surface area contributed by atoms with Gasteiger partial charge in [0.15, 0.2) is 0 Å². The molecular weight excluding hydrogens is 460 g/mol. The zero-order chi connectivity index (χ0) is 27.7. The van der Waals surface area contributed by atoms with Gasteiger partial charge >= 0.3 is 11.9 Å². The summed E-state index contributed by atoms with van der Waals surface area (Å²) in [6.45, 7) is 14.4. The molecule has 0 aromatic heterocycles. The predicted octanol–water partition coefficient (Wildman–Crippen LogP) is 10.1. The van der Waals surface area contributed by atoms with Gasteiger partial charge in [0.2, 0.25) is 0 Å². The third-order valence-corrected chi connectivity index (χ3v) is 8.08. The number of rotatable bonds is 26. The second kappa shape index (κ2) is 25.2. The van der Waals surface area contributed by atoms with E-state index in [0.29, 0.717) is 13.2 Å². The third kappa shape index (κ3) is 19.6. The van der Waals surface area contributed by atoms with Gasteiger partial charge in [0.25, 0.3) is 0 Å². The van der Waals surface area contributed by atoms with Crippen LogP contribution in [-0.2, 0) is 19.1 Å². The molecule has 0 aliphatic carbocycles. The van der Waals surface area contributed by atoms with Crippen LogP contribution in [0.25, 0.3) is 0 Å². The Balaban J connectivity index is 3.81. The number of hydrogen-bond donors (Lipinski definition) is 0. The highest BCUT2D eigenvalue weighted by molar-refractivity contribution is 5.72. The molecule has 0 amide bonds. The van der Waals surface area contributed by atoms with Gasteiger partial charge < -0.3 is 9.47 Å². The largest absolute Gasteiger partial charge is 0.465 e. The maximum Gasteiger partial charge on any atom is 0.308 e. The first-order valence-corrected chi connectivity index (χ1v) is 16.2. The van der Waals surface area contributed by atoms with Crippen molar-refractivity contribution in [3.8, 4) is 0 Å². The van der Waals surface area contributed by atoms with Crippen molar-refractivity contribution in [1.82, 2.24) is 0 Å². The summed E-state index contributed by atoms with van der Waals surface area (Å²) >= 11 is 0. The summed E-state index contributed by atoms with van der Waals surface area (Å²) in [7, 11) is 0. The minimum Gasteiger partial charge on any atom is -0.465 e. The molecule has 0 saturated carbocycles. The van der Waals surface area contributed by atoms with Crippen molar-refractivity contribution < 1.29 is 19.1 Å². The standard InChI is InChI=1S/C33H64O4/c1-7-11-22-29(9-3)32(34)36-26-20-16-13-14-18-24-31(28(5)6)25-19-15-17-21-27-37-33(35)30(10-4)23-12-8-2/h28-31H,7-27H2,1-6H3. The zero-order valence-electron chi connectivity index (χ0n) is 25.8. The Morgan fingerprint density at radius 1 is 0.514 bits per heavy atom. The van der Waals surface area contributed by atoms with Gasteiger partial charge in [-0.2, -0.15) is 0 Å². The van der Waals surface area contributed by atoms with Crippen molar-refractivity contribution in [2.45, 2.75) is 164 Å². The first kappa shape index (κ1) is 35.9. The van der Waals surface area contributed by atoms with Crippen LogP contribution in [0.3, 0.4) is 0 Å². The molecule has 0 heterocycles. The van der Waals surface area contributed by atoms with Crippen molar-refractivity contribution in [2.75, 3.05) is 13.2 Å². The molecule has 0 saturated heterocycles. The van der Waals surface area contributed by atoms with E-state index in [9.17, 15) is 9.59 Å². The lowest BCUT2D eigenvalue weighted by molar-refractivity contribution is -0.150. The van der Waals surface area contributed by atoms with E-state index in [-0.39, 0.29) is 23.8 Å². The van der Waals surface area contributed by atoms with Crippen LogP contribution >= 0.6 is 0 Å². The Hall–Kier alpha value is -1.06. The summed E-state index contributed by atoms with van der Waals surface area (Å²) in [5.41, 5.74) is 0. The van der Waals surface area contributed by atoms with Crippen molar-refractivity contribution >= 4 is 11.9 Å². The highest BCUT2D eigenvalue weighted by Gasteiger charge is 2.18. The van der Waals surface area contributed by atoms with Gasteiger partial charge in [-0.1, -0.05) is 125 Å². The molecule has 0 aromatic rings. The number of hydrogen-bond acceptors (Lipinski definition) is 4. The summed E-state index contributed by atoms with van der Waals surface area (Å²) < 4.78 is 11.1. The highest BCUT2D eigenvalue weighted by Crippen LogP contribution is 2.25. The van der Waals surface area contributed by atoms with Crippen LogP contribution in [-0.4, -0.2) is 25.2 Å². The summed E-state index contributed by atoms with van der Waals surface area (Å²) in [5, 5.41) is 0. The summed E-state index contributed by atoms with van der Waals surface area (Å²) in [6, 6.07) is 0. The molecule has 0 N–H and O–H groups in total. The van der Waals surface area contributed by atoms with E-state index in [0.717, 1.165) is 88.9 Å². The molecule has 3 atom stereocenters. The molecule has 0 aliphatic heterocycles. The van der Waals surface area contributed by atoms with E-state index in [1.807, 2.05) is 0 Å². The normalized spacial score (nSPS) is 13.9. The zero-order valence-corrected chi connectivity index (χ0v) is 25.8. The van der Waals surface area contributed by atoms with Gasteiger partial charge in [-0.25, -0.2) is 0 Å². The van der Waals surface area contributed by atoms with Gasteiger partial charge in [-0.05, 0) is 50.4 Å². The van der Waals surface area contributed by atoms with Crippen LogP contribution in [0.5, 0.6) is 0 Å². The minimum absolute atomic E-state index is 0.0179. The monoisotopic (exact) mass is 524 g/mol. The molecule has 0 spiro atoms. The second-order valence-electron chi connectivity index (χ2n) is 11.6. The Morgan fingerprint density at radius 2 is 0.892 bits per heavy atom. The highest BCUT2D eigenvalue weighted by atomic mass is 16.5. The molecule has 220 valence electrons. The van der Waals surface area contributed by atoms with Crippen LogP contribution in [0.2, 0.25) is 0 Å². The van der Waals surface area contributed by atoms with E-state index >= 15 is 0 Å². The fourth-order valence-corrected chi connectivity index (χ4v) is 5.17. The van der Waals surface area contributed by atoms with Gasteiger partial charge in [0.05, 0.1) is 25.0 Å². The number of carbonyl (C=O) groups is 2. The molecule has 37 heavy (non-hydrogen) atoms. The Kier molecular flexibility index (Phi) is 24.5. The quantitative estimate of drug-likeness (QED) is 0.0834. The topological polar surface area (TPSA) is 52.6 Å². The number of esters is 2. The van der Waals surface area contributed by atoms with E-state index in [4.69, 9.17) is 9.47 Å². The van der Waals surface area contributed by atoms with Crippen molar-refractivity contribution in [3.05, 3.63) is 0 Å². The molecule has 0 rings (SSSR count). The molecule has 0 bridgehead atoms. The first-order chi connectivity index (χ1) is 17.9. The van der Waals surface area contributed by atoms with E-state index < -0.39 is 0 Å². The Labute approximate surface area is 231 Å². The Morgan fingerprint density at radius 3 is 1.24 bits per heavy atom. The van der Waals surface area contributed by atoms with E-state index in [2.05, 4.69) is 41.5 Å². The predicted molar refractivity (Wildman–Crippen MR) is 158 cm³/mol. The minimum atomic E-state index is 0.0179. The van der Waals surface area contributed by atoms with Crippen LogP contribution in [0, 0.1) is 23.7 Å². The van der Waals surface area contributed by atoms with Crippen LogP contribution < -0.4 is 0 Å². The molecule has 0 aromatic carbocycles. The first-order valence-electron chi connectivity index (χ1n) is 16.2. The summed E-state index contributed by atoms with van der Waals surface area (Å²) in [6.07, 6.45) is 21.5. The van der Waals surface area contributed by atoms with Gasteiger partial charge in [-0.3, -0.25) is 9.59 Å².